The normalized spacial score (nSPS) is 57.5. The summed E-state index contributed by atoms with van der Waals surface area (Å²) < 4.78 is 11.3. The van der Waals surface area contributed by atoms with Crippen LogP contribution in [0.1, 0.15) is 64.5 Å². The second-order valence-corrected chi connectivity index (χ2v) is 25.5. The number of benzene rings is 2. The van der Waals surface area contributed by atoms with Crippen LogP contribution in [-0.4, -0.2) is 0 Å². The van der Waals surface area contributed by atoms with E-state index in [1.54, 1.807) is 12.1 Å². The lowest BCUT2D eigenvalue weighted by molar-refractivity contribution is -0.511. The predicted molar refractivity (Wildman–Crippen MR) is 238 cm³/mol. The summed E-state index contributed by atoms with van der Waals surface area (Å²) >= 11 is 0. The van der Waals surface area contributed by atoms with Crippen molar-refractivity contribution < 1.29 is 8.83 Å². The minimum Gasteiger partial charge on any atom is -0.423 e. The zero-order valence-corrected chi connectivity index (χ0v) is 37.0. The molecule has 0 spiro atoms. The van der Waals surface area contributed by atoms with Crippen LogP contribution in [0.4, 0.5) is 0 Å². The molecule has 0 N–H and O–H groups in total. The first-order valence-electron chi connectivity index (χ1n) is 26.4. The van der Waals surface area contributed by atoms with Crippen molar-refractivity contribution in [3.05, 3.63) is 92.6 Å². The summed E-state index contributed by atoms with van der Waals surface area (Å²) in [5.41, 5.74) is 3.87. The zero-order chi connectivity index (χ0) is 40.7. The zero-order valence-electron chi connectivity index (χ0n) is 37.0. The second kappa shape index (κ2) is 11.3. The van der Waals surface area contributed by atoms with Crippen LogP contribution in [0.2, 0.25) is 0 Å². The van der Waals surface area contributed by atoms with Gasteiger partial charge in [-0.3, -0.25) is 0 Å². The molecule has 13 fully saturated rings. The van der Waals surface area contributed by atoms with E-state index in [-0.39, 0.29) is 11.3 Å². The van der Waals surface area contributed by atoms with Crippen molar-refractivity contribution in [2.24, 2.45) is 178 Å². The highest BCUT2D eigenvalue weighted by atomic mass is 16.4. The van der Waals surface area contributed by atoms with Gasteiger partial charge in [-0.15, -0.1) is 0 Å². The third-order valence-electron chi connectivity index (χ3n) is 25.3. The Labute approximate surface area is 365 Å². The molecule has 30 unspecified atom stereocenters. The van der Waals surface area contributed by atoms with Gasteiger partial charge < -0.3 is 8.83 Å². The molecule has 4 nitrogen and oxygen atoms in total. The van der Waals surface area contributed by atoms with E-state index < -0.39 is 0 Å². The van der Waals surface area contributed by atoms with Crippen LogP contribution < -0.4 is 11.3 Å². The van der Waals surface area contributed by atoms with Crippen molar-refractivity contribution in [3.63, 3.8) is 0 Å². The van der Waals surface area contributed by atoms with Crippen LogP contribution in [0.3, 0.4) is 0 Å². The van der Waals surface area contributed by atoms with Crippen molar-refractivity contribution in [2.45, 2.75) is 66.2 Å². The molecular weight excluding hydrogens is 761 g/mol. The van der Waals surface area contributed by atoms with E-state index in [0.717, 1.165) is 176 Å². The van der Waals surface area contributed by atoms with Gasteiger partial charge in [-0.25, -0.2) is 9.59 Å². The predicted octanol–water partition coefficient (Wildman–Crippen LogP) is 11.0. The lowest BCUT2D eigenvalue weighted by Gasteiger charge is -2.98. The maximum atomic E-state index is 12.1. The molecule has 2 aromatic heterocycles. The molecule has 2 aromatic carbocycles. The quantitative estimate of drug-likeness (QED) is 0.125. The first-order chi connectivity index (χ1) is 30.4. The molecule has 0 bridgehead atoms. The third-order valence-corrected chi connectivity index (χ3v) is 25.3. The van der Waals surface area contributed by atoms with Crippen LogP contribution in [0.15, 0.2) is 79.1 Å². The average Bonchev–Trinajstić information content (AvgIpc) is 3.23. The molecule has 4 heteroatoms. The maximum Gasteiger partial charge on any atom is 0.336 e. The number of hydrogen-bond donors (Lipinski definition) is 0. The molecule has 13 aliphatic carbocycles. The van der Waals surface area contributed by atoms with Gasteiger partial charge >= 0.3 is 11.3 Å². The van der Waals surface area contributed by atoms with Crippen LogP contribution in [-0.2, 0) is 12.8 Å². The van der Waals surface area contributed by atoms with Crippen LogP contribution in [0.25, 0.3) is 21.9 Å². The fourth-order valence-corrected chi connectivity index (χ4v) is 24.3. The van der Waals surface area contributed by atoms with E-state index in [2.05, 4.69) is 64.1 Å². The average molecular weight is 825 g/mol. The highest BCUT2D eigenvalue weighted by Crippen LogP contribution is 2.97. The van der Waals surface area contributed by atoms with Gasteiger partial charge in [0.05, 0.1) is 0 Å². The van der Waals surface area contributed by atoms with Gasteiger partial charge in [0.15, 0.2) is 0 Å². The molecule has 0 radical (unpaired) electrons. The minimum absolute atomic E-state index is 0.251. The summed E-state index contributed by atoms with van der Waals surface area (Å²) in [6.07, 6.45) is 8.04. The Hall–Kier alpha value is -3.14. The van der Waals surface area contributed by atoms with Gasteiger partial charge in [-0.1, -0.05) is 65.5 Å². The summed E-state index contributed by atoms with van der Waals surface area (Å²) in [5.74, 6) is 31.0. The summed E-state index contributed by atoms with van der Waals surface area (Å²) in [6, 6.07) is 20.7. The molecule has 17 rings (SSSR count). The van der Waals surface area contributed by atoms with E-state index >= 15 is 0 Å². The Kier molecular flexibility index (Phi) is 6.39. The van der Waals surface area contributed by atoms with E-state index in [4.69, 9.17) is 8.83 Å². The highest BCUT2D eigenvalue weighted by Gasteiger charge is 2.94. The molecule has 13 saturated carbocycles. The summed E-state index contributed by atoms with van der Waals surface area (Å²) in [6.45, 7) is 10.1. The summed E-state index contributed by atoms with van der Waals surface area (Å²) in [4.78, 5) is 24.2. The summed E-state index contributed by atoms with van der Waals surface area (Å²) in [7, 11) is 0. The van der Waals surface area contributed by atoms with Gasteiger partial charge in [0.1, 0.15) is 11.2 Å². The molecule has 320 valence electrons. The molecule has 2 heterocycles. The fraction of sp³-hybridized carbons (Fsp3) is 0.690. The standard InChI is InChI=1S/C58H64O4/c1-5-7-27-21(3)35-37(27)39-29(19-23-9-13-31-25(17-23)11-15-33(59)61-31)40(43(35)39)41-30(20-24-10-14-32-26(18-24)12-16-34(60)62-32)42-45(41)49-47(42)51-53(49)57-55(51)58-54-50-46-38-28(8-6-2)22(4)36(38)44(46)48(50)52(54)56(57)58/h9-18,21-22,27-30,35-58H,5-8,19-20H2,1-4H3. The molecule has 0 amide bonds. The van der Waals surface area contributed by atoms with Gasteiger partial charge in [0, 0.05) is 22.9 Å². The van der Waals surface area contributed by atoms with Crippen LogP contribution >= 0.6 is 0 Å². The molecule has 62 heavy (non-hydrogen) atoms. The lowest BCUT2D eigenvalue weighted by Crippen LogP contribution is -2.94. The Bertz CT molecular complexity index is 2760. The van der Waals surface area contributed by atoms with Gasteiger partial charge in [-0.2, -0.15) is 0 Å². The molecular formula is C58H64O4. The Morgan fingerprint density at radius 1 is 0.371 bits per heavy atom. The molecule has 0 aliphatic heterocycles. The van der Waals surface area contributed by atoms with Gasteiger partial charge in [0.25, 0.3) is 0 Å². The Morgan fingerprint density at radius 2 is 0.677 bits per heavy atom. The van der Waals surface area contributed by atoms with Gasteiger partial charge in [-0.05, 0) is 238 Å². The summed E-state index contributed by atoms with van der Waals surface area (Å²) in [5, 5.41) is 2.16. The van der Waals surface area contributed by atoms with Crippen molar-refractivity contribution in [2.75, 3.05) is 0 Å². The number of rotatable bonds is 9. The first kappa shape index (κ1) is 35.2. The van der Waals surface area contributed by atoms with E-state index in [1.807, 2.05) is 12.1 Å². The highest BCUT2D eigenvalue weighted by molar-refractivity contribution is 5.77. The van der Waals surface area contributed by atoms with Gasteiger partial charge in [0.2, 0.25) is 0 Å². The Morgan fingerprint density at radius 3 is 1.08 bits per heavy atom. The van der Waals surface area contributed by atoms with Crippen molar-refractivity contribution in [3.8, 4) is 0 Å². The topological polar surface area (TPSA) is 60.4 Å². The monoisotopic (exact) mass is 824 g/mol. The van der Waals surface area contributed by atoms with Crippen LogP contribution in [0, 0.1) is 178 Å². The fourth-order valence-electron chi connectivity index (χ4n) is 24.3. The van der Waals surface area contributed by atoms with Crippen LogP contribution in [0.5, 0.6) is 0 Å². The maximum absolute atomic E-state index is 12.1. The molecule has 13 aliphatic rings. The molecule has 30 atom stereocenters. The van der Waals surface area contributed by atoms with E-state index in [1.165, 1.54) is 73.3 Å². The number of hydrogen-bond acceptors (Lipinski definition) is 4. The SMILES string of the molecule is CCCC1C(C)C2C1C1C(Cc3ccc4oc(=O)ccc4c3)C(C3C(Cc4ccc5oc(=O)ccc5c4)C4C3C3C4C4C3C3C4C4C5C6C7C8C(CCC)C(C)C8C7C6C5C34)C21. The second-order valence-electron chi connectivity index (χ2n) is 25.5. The molecule has 0 saturated heterocycles. The molecule has 4 aromatic rings. The lowest BCUT2D eigenvalue weighted by atomic mass is 9.07. The van der Waals surface area contributed by atoms with Crippen molar-refractivity contribution in [1.29, 1.82) is 0 Å². The minimum atomic E-state index is -0.256. The van der Waals surface area contributed by atoms with Crippen molar-refractivity contribution >= 4 is 21.9 Å². The third kappa shape index (κ3) is 3.57. The number of fused-ring (bicyclic) bond motifs is 31. The largest absolute Gasteiger partial charge is 0.423 e. The first-order valence-corrected chi connectivity index (χ1v) is 26.4. The van der Waals surface area contributed by atoms with E-state index in [9.17, 15) is 9.59 Å². The van der Waals surface area contributed by atoms with Crippen molar-refractivity contribution in [1.82, 2.24) is 0 Å². The Balaban J connectivity index is 0.698. The smallest absolute Gasteiger partial charge is 0.336 e. The van der Waals surface area contributed by atoms with E-state index in [0.29, 0.717) is 0 Å².